The van der Waals surface area contributed by atoms with Crippen molar-refractivity contribution in [2.45, 2.75) is 65.1 Å². The predicted octanol–water partition coefficient (Wildman–Crippen LogP) is 2.12. The smallest absolute Gasteiger partial charge is 0.408 e. The maximum absolute atomic E-state index is 13.0. The van der Waals surface area contributed by atoms with Gasteiger partial charge in [-0.3, -0.25) is 15.0 Å². The van der Waals surface area contributed by atoms with Gasteiger partial charge in [-0.1, -0.05) is 32.0 Å². The number of nitrogens with two attached hydrogens (primary N) is 1. The van der Waals surface area contributed by atoms with E-state index in [1.807, 2.05) is 38.1 Å². The molecular formula is C22H33N5O4. The van der Waals surface area contributed by atoms with E-state index in [1.54, 1.807) is 27.0 Å². The zero-order valence-corrected chi connectivity index (χ0v) is 18.7. The number of hydrogen-bond donors (Lipinski definition) is 5. The highest BCUT2D eigenvalue weighted by Gasteiger charge is 2.29. The molecule has 0 fully saturated rings. The van der Waals surface area contributed by atoms with Crippen molar-refractivity contribution in [1.82, 2.24) is 21.0 Å². The van der Waals surface area contributed by atoms with Crippen LogP contribution in [0.15, 0.2) is 30.5 Å². The van der Waals surface area contributed by atoms with E-state index in [2.05, 4.69) is 21.0 Å². The number of rotatable bonds is 8. The van der Waals surface area contributed by atoms with Crippen LogP contribution < -0.4 is 21.9 Å². The molecule has 1 aromatic heterocycles. The van der Waals surface area contributed by atoms with Crippen molar-refractivity contribution >= 4 is 28.8 Å². The molecule has 9 heteroatoms. The second-order valence-corrected chi connectivity index (χ2v) is 8.96. The van der Waals surface area contributed by atoms with E-state index in [-0.39, 0.29) is 12.3 Å². The number of carbonyl (C=O) groups is 3. The molecule has 2 atom stereocenters. The third kappa shape index (κ3) is 7.29. The first-order valence-electron chi connectivity index (χ1n) is 10.4. The number of hydrogen-bond acceptors (Lipinski definition) is 5. The van der Waals surface area contributed by atoms with Crippen LogP contribution in [0.3, 0.4) is 0 Å². The van der Waals surface area contributed by atoms with E-state index < -0.39 is 35.6 Å². The van der Waals surface area contributed by atoms with Crippen LogP contribution in [-0.4, -0.2) is 40.6 Å². The lowest BCUT2D eigenvalue weighted by Crippen LogP contribution is -2.56. The van der Waals surface area contributed by atoms with Crippen LogP contribution in [0.25, 0.3) is 10.9 Å². The number of H-pyrrole nitrogens is 1. The number of aromatic nitrogens is 1. The molecule has 2 rings (SSSR count). The molecule has 0 aliphatic carbocycles. The second-order valence-electron chi connectivity index (χ2n) is 8.96. The number of para-hydroxylation sites is 1. The van der Waals surface area contributed by atoms with E-state index in [4.69, 9.17) is 10.6 Å². The number of alkyl carbamates (subject to hydrolysis) is 1. The summed E-state index contributed by atoms with van der Waals surface area (Å²) in [7, 11) is 0. The molecule has 0 radical (unpaired) electrons. The summed E-state index contributed by atoms with van der Waals surface area (Å²) in [5.41, 5.74) is 3.21. The Labute approximate surface area is 182 Å². The lowest BCUT2D eigenvalue weighted by atomic mass is 10.0. The van der Waals surface area contributed by atoms with Gasteiger partial charge >= 0.3 is 6.09 Å². The molecule has 31 heavy (non-hydrogen) atoms. The molecule has 6 N–H and O–H groups in total. The Hall–Kier alpha value is -3.07. The fraction of sp³-hybridized carbons (Fsp3) is 0.500. The summed E-state index contributed by atoms with van der Waals surface area (Å²) in [6, 6.07) is 5.91. The van der Waals surface area contributed by atoms with Crippen LogP contribution in [0.4, 0.5) is 4.79 Å². The highest BCUT2D eigenvalue weighted by atomic mass is 16.6. The topological polar surface area (TPSA) is 138 Å². The molecule has 0 bridgehead atoms. The van der Waals surface area contributed by atoms with E-state index in [9.17, 15) is 14.4 Å². The van der Waals surface area contributed by atoms with Gasteiger partial charge in [-0.05, 0) is 44.7 Å². The first-order valence-corrected chi connectivity index (χ1v) is 10.4. The lowest BCUT2D eigenvalue weighted by molar-refractivity contribution is -0.130. The van der Waals surface area contributed by atoms with Gasteiger partial charge in [0.1, 0.15) is 17.7 Å². The van der Waals surface area contributed by atoms with Crippen molar-refractivity contribution in [1.29, 1.82) is 0 Å². The van der Waals surface area contributed by atoms with Gasteiger partial charge < -0.3 is 20.4 Å². The molecule has 1 aromatic carbocycles. The van der Waals surface area contributed by atoms with Gasteiger partial charge in [0.15, 0.2) is 0 Å². The number of carbonyl (C=O) groups excluding carboxylic acids is 3. The first-order chi connectivity index (χ1) is 14.5. The largest absolute Gasteiger partial charge is 0.444 e. The van der Waals surface area contributed by atoms with Crippen LogP contribution in [0, 0.1) is 5.92 Å². The monoisotopic (exact) mass is 431 g/mol. The minimum absolute atomic E-state index is 0.126. The van der Waals surface area contributed by atoms with Crippen molar-refractivity contribution in [3.63, 3.8) is 0 Å². The van der Waals surface area contributed by atoms with Crippen LogP contribution in [0.1, 0.15) is 46.6 Å². The van der Waals surface area contributed by atoms with E-state index >= 15 is 0 Å². The van der Waals surface area contributed by atoms with Crippen molar-refractivity contribution in [2.24, 2.45) is 11.8 Å². The number of nitrogens with one attached hydrogen (secondary N) is 4. The Balaban J connectivity index is 2.17. The average Bonchev–Trinajstić information content (AvgIpc) is 3.07. The van der Waals surface area contributed by atoms with Crippen molar-refractivity contribution in [3.8, 4) is 0 Å². The van der Waals surface area contributed by atoms with E-state index in [0.29, 0.717) is 6.42 Å². The molecule has 3 amide bonds. The van der Waals surface area contributed by atoms with Crippen LogP contribution in [0.2, 0.25) is 0 Å². The molecule has 170 valence electrons. The number of ether oxygens (including phenoxy) is 1. The molecule has 9 nitrogen and oxygen atoms in total. The lowest BCUT2D eigenvalue weighted by Gasteiger charge is -2.25. The number of amides is 3. The summed E-state index contributed by atoms with van der Waals surface area (Å²) in [5.74, 6) is 4.47. The summed E-state index contributed by atoms with van der Waals surface area (Å²) in [4.78, 5) is 40.8. The molecule has 0 saturated carbocycles. The fourth-order valence-corrected chi connectivity index (χ4v) is 3.26. The quantitative estimate of drug-likeness (QED) is 0.248. The molecule has 0 aliphatic heterocycles. The minimum Gasteiger partial charge on any atom is -0.444 e. The molecule has 0 aliphatic rings. The second kappa shape index (κ2) is 10.3. The van der Waals surface area contributed by atoms with Crippen LogP contribution >= 0.6 is 0 Å². The van der Waals surface area contributed by atoms with Gasteiger partial charge in [0, 0.05) is 23.5 Å². The predicted molar refractivity (Wildman–Crippen MR) is 119 cm³/mol. The van der Waals surface area contributed by atoms with Gasteiger partial charge in [-0.25, -0.2) is 10.6 Å². The number of fused-ring (bicyclic) bond motifs is 1. The van der Waals surface area contributed by atoms with Crippen LogP contribution in [0.5, 0.6) is 0 Å². The zero-order chi connectivity index (χ0) is 23.2. The van der Waals surface area contributed by atoms with Crippen LogP contribution in [-0.2, 0) is 20.7 Å². The Morgan fingerprint density at radius 3 is 2.35 bits per heavy atom. The molecular weight excluding hydrogens is 398 g/mol. The van der Waals surface area contributed by atoms with Crippen molar-refractivity contribution in [2.75, 3.05) is 0 Å². The fourth-order valence-electron chi connectivity index (χ4n) is 3.26. The van der Waals surface area contributed by atoms with Crippen molar-refractivity contribution in [3.05, 3.63) is 36.0 Å². The molecule has 2 aromatic rings. The summed E-state index contributed by atoms with van der Waals surface area (Å²) < 4.78 is 5.27. The molecule has 1 heterocycles. The van der Waals surface area contributed by atoms with Crippen molar-refractivity contribution < 1.29 is 19.1 Å². The van der Waals surface area contributed by atoms with Gasteiger partial charge in [-0.2, -0.15) is 0 Å². The number of aromatic amines is 1. The van der Waals surface area contributed by atoms with Gasteiger partial charge in [0.25, 0.3) is 5.91 Å². The minimum atomic E-state index is -0.910. The summed E-state index contributed by atoms with van der Waals surface area (Å²) in [6.45, 7) is 9.10. The first kappa shape index (κ1) is 24.2. The van der Waals surface area contributed by atoms with Gasteiger partial charge in [0.2, 0.25) is 5.91 Å². The van der Waals surface area contributed by atoms with Gasteiger partial charge in [-0.15, -0.1) is 0 Å². The standard InChI is InChI=1S/C22H33N5O4/c1-13(2)10-17(26-21(30)31-22(3,4)5)19(28)25-18(20(29)27-23)11-14-12-24-16-9-7-6-8-15(14)16/h6-9,12-13,17-18,24H,10-11,23H2,1-5H3,(H,25,28)(H,26,30)(H,27,29)/t17-,18-/m0/s1. The maximum atomic E-state index is 13.0. The summed E-state index contributed by atoms with van der Waals surface area (Å²) in [5, 5.41) is 6.30. The van der Waals surface area contributed by atoms with E-state index in [0.717, 1.165) is 16.5 Å². The zero-order valence-electron chi connectivity index (χ0n) is 18.7. The summed E-state index contributed by atoms with van der Waals surface area (Å²) in [6.07, 6.45) is 1.73. The van der Waals surface area contributed by atoms with Gasteiger partial charge in [0.05, 0.1) is 0 Å². The average molecular weight is 432 g/mol. The third-order valence-corrected chi connectivity index (χ3v) is 4.59. The SMILES string of the molecule is CC(C)C[C@H](NC(=O)OC(C)(C)C)C(=O)N[C@@H](Cc1c[nH]c2ccccc12)C(=O)NN. The third-order valence-electron chi connectivity index (χ3n) is 4.59. The Kier molecular flexibility index (Phi) is 8.04. The Morgan fingerprint density at radius 1 is 1.06 bits per heavy atom. The normalized spacial score (nSPS) is 13.5. The Bertz CT molecular complexity index is 916. The highest BCUT2D eigenvalue weighted by Crippen LogP contribution is 2.19. The molecule has 0 saturated heterocycles. The molecule has 0 spiro atoms. The summed E-state index contributed by atoms with van der Waals surface area (Å²) >= 11 is 0. The van der Waals surface area contributed by atoms with E-state index in [1.165, 1.54) is 0 Å². The Morgan fingerprint density at radius 2 is 1.74 bits per heavy atom. The maximum Gasteiger partial charge on any atom is 0.408 e. The number of hydrazine groups is 1. The molecule has 0 unspecified atom stereocenters. The highest BCUT2D eigenvalue weighted by molar-refractivity contribution is 5.92. The number of benzene rings is 1.